The SMILES string of the molecule is CCNC(=NCc1cccc(NC(=O)C2CCCCC2)c1)NCCNC(=O)C1CC1. The van der Waals surface area contributed by atoms with Gasteiger partial charge < -0.3 is 21.3 Å². The largest absolute Gasteiger partial charge is 0.357 e. The van der Waals surface area contributed by atoms with E-state index >= 15 is 0 Å². The molecule has 4 N–H and O–H groups in total. The van der Waals surface area contributed by atoms with Gasteiger partial charge in [0.25, 0.3) is 0 Å². The molecule has 1 aromatic carbocycles. The highest BCUT2D eigenvalue weighted by Crippen LogP contribution is 2.28. The van der Waals surface area contributed by atoms with Crippen LogP contribution < -0.4 is 21.3 Å². The predicted octanol–water partition coefficient (Wildman–Crippen LogP) is 2.79. The summed E-state index contributed by atoms with van der Waals surface area (Å²) in [6.07, 6.45) is 7.57. The van der Waals surface area contributed by atoms with E-state index in [-0.39, 0.29) is 23.7 Å². The Morgan fingerprint density at radius 2 is 1.67 bits per heavy atom. The second-order valence-corrected chi connectivity index (χ2v) is 8.21. The Kier molecular flexibility index (Phi) is 8.53. The number of nitrogens with one attached hydrogen (secondary N) is 4. The van der Waals surface area contributed by atoms with E-state index in [2.05, 4.69) is 26.3 Å². The maximum Gasteiger partial charge on any atom is 0.227 e. The smallest absolute Gasteiger partial charge is 0.227 e. The third-order valence-corrected chi connectivity index (χ3v) is 5.60. The van der Waals surface area contributed by atoms with E-state index in [1.54, 1.807) is 0 Å². The number of carbonyl (C=O) groups excluding carboxylic acids is 2. The molecule has 2 saturated carbocycles. The van der Waals surface area contributed by atoms with Crippen LogP contribution in [0.1, 0.15) is 57.4 Å². The summed E-state index contributed by atoms with van der Waals surface area (Å²) in [6.45, 7) is 4.51. The average Bonchev–Trinajstić information content (AvgIpc) is 3.61. The summed E-state index contributed by atoms with van der Waals surface area (Å²) in [4.78, 5) is 28.8. The molecule has 1 aromatic rings. The molecule has 30 heavy (non-hydrogen) atoms. The van der Waals surface area contributed by atoms with Gasteiger partial charge in [0.05, 0.1) is 6.54 Å². The quantitative estimate of drug-likeness (QED) is 0.284. The summed E-state index contributed by atoms with van der Waals surface area (Å²) >= 11 is 0. The van der Waals surface area contributed by atoms with Crippen molar-refractivity contribution in [1.29, 1.82) is 0 Å². The minimum atomic E-state index is 0.138. The van der Waals surface area contributed by atoms with Crippen LogP contribution in [-0.4, -0.2) is 37.4 Å². The number of guanidine groups is 1. The van der Waals surface area contributed by atoms with Gasteiger partial charge in [-0.1, -0.05) is 31.4 Å². The van der Waals surface area contributed by atoms with Crippen molar-refractivity contribution in [3.05, 3.63) is 29.8 Å². The van der Waals surface area contributed by atoms with Gasteiger partial charge in [-0.3, -0.25) is 9.59 Å². The molecule has 0 bridgehead atoms. The summed E-state index contributed by atoms with van der Waals surface area (Å²) in [5.74, 6) is 1.39. The van der Waals surface area contributed by atoms with Gasteiger partial charge in [0.1, 0.15) is 0 Å². The first-order valence-electron chi connectivity index (χ1n) is 11.4. The molecule has 7 heteroatoms. The molecule has 2 aliphatic rings. The summed E-state index contributed by atoms with van der Waals surface area (Å²) in [6, 6.07) is 7.89. The molecule has 0 saturated heterocycles. The second kappa shape index (κ2) is 11.6. The number of rotatable bonds is 9. The number of hydrogen-bond acceptors (Lipinski definition) is 3. The van der Waals surface area contributed by atoms with Crippen molar-refractivity contribution in [3.63, 3.8) is 0 Å². The minimum Gasteiger partial charge on any atom is -0.357 e. The van der Waals surface area contributed by atoms with Crippen LogP contribution in [0, 0.1) is 11.8 Å². The zero-order chi connectivity index (χ0) is 21.2. The van der Waals surface area contributed by atoms with E-state index in [0.717, 1.165) is 62.3 Å². The fraction of sp³-hybridized carbons (Fsp3) is 0.609. The zero-order valence-corrected chi connectivity index (χ0v) is 18.0. The molecule has 0 heterocycles. The van der Waals surface area contributed by atoms with Gasteiger partial charge in [-0.05, 0) is 50.3 Å². The summed E-state index contributed by atoms with van der Waals surface area (Å²) < 4.78 is 0. The van der Waals surface area contributed by atoms with Crippen LogP contribution in [0.2, 0.25) is 0 Å². The lowest BCUT2D eigenvalue weighted by atomic mass is 9.88. The minimum absolute atomic E-state index is 0.138. The van der Waals surface area contributed by atoms with E-state index in [1.807, 2.05) is 31.2 Å². The van der Waals surface area contributed by atoms with Gasteiger partial charge in [-0.2, -0.15) is 0 Å². The lowest BCUT2D eigenvalue weighted by Gasteiger charge is -2.20. The second-order valence-electron chi connectivity index (χ2n) is 8.21. The van der Waals surface area contributed by atoms with E-state index < -0.39 is 0 Å². The Morgan fingerprint density at radius 1 is 0.933 bits per heavy atom. The first-order chi connectivity index (χ1) is 14.7. The van der Waals surface area contributed by atoms with Crippen LogP contribution in [0.4, 0.5) is 5.69 Å². The van der Waals surface area contributed by atoms with Crippen molar-refractivity contribution in [3.8, 4) is 0 Å². The molecule has 2 aliphatic carbocycles. The highest BCUT2D eigenvalue weighted by atomic mass is 16.2. The maximum absolute atomic E-state index is 12.5. The molecule has 0 atom stereocenters. The first kappa shape index (κ1) is 22.1. The maximum atomic E-state index is 12.5. The van der Waals surface area contributed by atoms with E-state index in [1.165, 1.54) is 6.42 Å². The molecule has 0 radical (unpaired) electrons. The molecule has 0 unspecified atom stereocenters. The molecule has 0 spiro atoms. The van der Waals surface area contributed by atoms with Crippen molar-refractivity contribution in [1.82, 2.24) is 16.0 Å². The highest BCUT2D eigenvalue weighted by molar-refractivity contribution is 5.92. The summed E-state index contributed by atoms with van der Waals surface area (Å²) in [7, 11) is 0. The highest BCUT2D eigenvalue weighted by Gasteiger charge is 2.29. The zero-order valence-electron chi connectivity index (χ0n) is 18.0. The van der Waals surface area contributed by atoms with Crippen LogP contribution in [-0.2, 0) is 16.1 Å². The lowest BCUT2D eigenvalue weighted by molar-refractivity contribution is -0.122. The molecule has 7 nitrogen and oxygen atoms in total. The van der Waals surface area contributed by atoms with Crippen molar-refractivity contribution < 1.29 is 9.59 Å². The first-order valence-corrected chi connectivity index (χ1v) is 11.4. The number of benzene rings is 1. The molecular weight excluding hydrogens is 378 g/mol. The molecule has 2 amide bonds. The van der Waals surface area contributed by atoms with Crippen LogP contribution >= 0.6 is 0 Å². The van der Waals surface area contributed by atoms with Crippen molar-refractivity contribution >= 4 is 23.5 Å². The predicted molar refractivity (Wildman–Crippen MR) is 120 cm³/mol. The third-order valence-electron chi connectivity index (χ3n) is 5.60. The van der Waals surface area contributed by atoms with Crippen LogP contribution in [0.5, 0.6) is 0 Å². The van der Waals surface area contributed by atoms with Gasteiger partial charge in [0.2, 0.25) is 11.8 Å². The van der Waals surface area contributed by atoms with Gasteiger partial charge in [0, 0.05) is 37.2 Å². The number of hydrogen-bond donors (Lipinski definition) is 4. The molecule has 0 aliphatic heterocycles. The van der Waals surface area contributed by atoms with Gasteiger partial charge in [-0.15, -0.1) is 0 Å². The Hall–Kier alpha value is -2.57. The van der Waals surface area contributed by atoms with Gasteiger partial charge in [0.15, 0.2) is 5.96 Å². The number of carbonyl (C=O) groups is 2. The molecule has 164 valence electrons. The topological polar surface area (TPSA) is 94.6 Å². The van der Waals surface area contributed by atoms with Crippen LogP contribution in [0.25, 0.3) is 0 Å². The summed E-state index contributed by atoms with van der Waals surface area (Å²) in [5.41, 5.74) is 1.87. The molecule has 3 rings (SSSR count). The Morgan fingerprint density at radius 3 is 2.40 bits per heavy atom. The standard InChI is InChI=1S/C23H35N5O2/c1-2-24-23(26-14-13-25-21(29)19-11-12-19)27-16-17-7-6-10-20(15-17)28-22(30)18-8-4-3-5-9-18/h6-7,10,15,18-19H,2-5,8-9,11-14,16H2,1H3,(H,25,29)(H,28,30)(H2,24,26,27). The molecular formula is C23H35N5O2. The molecule has 0 aromatic heterocycles. The van der Waals surface area contributed by atoms with E-state index in [4.69, 9.17) is 0 Å². The third kappa shape index (κ3) is 7.35. The number of aliphatic imine (C=N–C) groups is 1. The number of nitrogens with zero attached hydrogens (tertiary/aromatic N) is 1. The monoisotopic (exact) mass is 413 g/mol. The van der Waals surface area contributed by atoms with Crippen LogP contribution in [0.15, 0.2) is 29.3 Å². The van der Waals surface area contributed by atoms with Gasteiger partial charge in [-0.25, -0.2) is 4.99 Å². The average molecular weight is 414 g/mol. The Bertz CT molecular complexity index is 739. The van der Waals surface area contributed by atoms with Crippen molar-refractivity contribution in [2.24, 2.45) is 16.8 Å². The molecule has 2 fully saturated rings. The van der Waals surface area contributed by atoms with E-state index in [0.29, 0.717) is 19.6 Å². The van der Waals surface area contributed by atoms with Crippen LogP contribution in [0.3, 0.4) is 0 Å². The van der Waals surface area contributed by atoms with Gasteiger partial charge >= 0.3 is 0 Å². The fourth-order valence-electron chi connectivity index (χ4n) is 3.73. The normalized spacial score (nSPS) is 17.3. The Balaban J connectivity index is 1.47. The van der Waals surface area contributed by atoms with E-state index in [9.17, 15) is 9.59 Å². The fourth-order valence-corrected chi connectivity index (χ4v) is 3.73. The summed E-state index contributed by atoms with van der Waals surface area (Å²) in [5, 5.41) is 12.5. The number of amides is 2. The number of anilines is 1. The van der Waals surface area contributed by atoms with Crippen molar-refractivity contribution in [2.45, 2.75) is 58.4 Å². The Labute approximate surface area is 179 Å². The lowest BCUT2D eigenvalue weighted by Crippen LogP contribution is -2.41. The van der Waals surface area contributed by atoms with Crippen molar-refractivity contribution in [2.75, 3.05) is 25.0 Å².